The lowest BCUT2D eigenvalue weighted by molar-refractivity contribution is 0.0992. The van der Waals surface area contributed by atoms with E-state index in [2.05, 4.69) is 4.98 Å². The van der Waals surface area contributed by atoms with Gasteiger partial charge >= 0.3 is 0 Å². The average molecular weight is 260 g/mol. The number of hydrogen-bond donors (Lipinski definition) is 0. The molecule has 0 saturated carbocycles. The van der Waals surface area contributed by atoms with Gasteiger partial charge < -0.3 is 9.64 Å². The maximum atomic E-state index is 13.0. The lowest BCUT2D eigenvalue weighted by Crippen LogP contribution is -2.26. The number of carbonyl (C=O) groups excluding carboxylic acids is 1. The quantitative estimate of drug-likeness (QED) is 0.851. The van der Waals surface area contributed by atoms with Gasteiger partial charge in [-0.05, 0) is 30.3 Å². The molecule has 5 heteroatoms. The number of ether oxygens (including phenoxy) is 1. The van der Waals surface area contributed by atoms with Crippen LogP contribution in [0, 0.1) is 5.82 Å². The van der Waals surface area contributed by atoms with Crippen molar-refractivity contribution in [3.8, 4) is 5.75 Å². The van der Waals surface area contributed by atoms with Gasteiger partial charge in [-0.1, -0.05) is 0 Å². The molecule has 0 N–H and O–H groups in total. The van der Waals surface area contributed by atoms with E-state index in [9.17, 15) is 9.18 Å². The highest BCUT2D eigenvalue weighted by atomic mass is 19.1. The minimum absolute atomic E-state index is 0.207. The molecule has 0 aliphatic carbocycles. The molecule has 0 aliphatic heterocycles. The smallest absolute Gasteiger partial charge is 0.259 e. The summed E-state index contributed by atoms with van der Waals surface area (Å²) >= 11 is 0. The van der Waals surface area contributed by atoms with Crippen molar-refractivity contribution in [1.82, 2.24) is 4.98 Å². The normalized spacial score (nSPS) is 10.1. The van der Waals surface area contributed by atoms with Gasteiger partial charge in [0, 0.05) is 18.9 Å². The van der Waals surface area contributed by atoms with Crippen molar-refractivity contribution in [3.63, 3.8) is 0 Å². The first kappa shape index (κ1) is 13.0. The fourth-order valence-electron chi connectivity index (χ4n) is 1.65. The predicted octanol–water partition coefficient (Wildman–Crippen LogP) is 2.51. The van der Waals surface area contributed by atoms with Crippen molar-refractivity contribution in [3.05, 3.63) is 54.1 Å². The van der Waals surface area contributed by atoms with Gasteiger partial charge in [0.15, 0.2) is 0 Å². The molecule has 1 aromatic carbocycles. The SMILES string of the molecule is COc1ccc(N(C)C(=O)c2cncc(F)c2)cc1. The third-order valence-electron chi connectivity index (χ3n) is 2.72. The van der Waals surface area contributed by atoms with E-state index < -0.39 is 5.82 Å². The Morgan fingerprint density at radius 3 is 2.53 bits per heavy atom. The van der Waals surface area contributed by atoms with Crippen LogP contribution < -0.4 is 9.64 Å². The maximum Gasteiger partial charge on any atom is 0.259 e. The second-order valence-electron chi connectivity index (χ2n) is 3.95. The summed E-state index contributed by atoms with van der Waals surface area (Å²) in [6.45, 7) is 0. The van der Waals surface area contributed by atoms with E-state index in [0.717, 1.165) is 12.3 Å². The van der Waals surface area contributed by atoms with Gasteiger partial charge in [0.05, 0.1) is 18.9 Å². The maximum absolute atomic E-state index is 13.0. The Kier molecular flexibility index (Phi) is 3.75. The number of methoxy groups -OCH3 is 1. The minimum Gasteiger partial charge on any atom is -0.497 e. The number of rotatable bonds is 3. The van der Waals surface area contributed by atoms with Crippen molar-refractivity contribution in [2.45, 2.75) is 0 Å². The molecule has 1 amide bonds. The fourth-order valence-corrected chi connectivity index (χ4v) is 1.65. The highest BCUT2D eigenvalue weighted by Gasteiger charge is 2.14. The summed E-state index contributed by atoms with van der Waals surface area (Å²) in [5.74, 6) is -0.150. The van der Waals surface area contributed by atoms with E-state index in [-0.39, 0.29) is 11.5 Å². The summed E-state index contributed by atoms with van der Waals surface area (Å²) in [6, 6.07) is 8.17. The van der Waals surface area contributed by atoms with Crippen LogP contribution in [0.5, 0.6) is 5.75 Å². The number of hydrogen-bond acceptors (Lipinski definition) is 3. The Balaban J connectivity index is 2.23. The summed E-state index contributed by atoms with van der Waals surface area (Å²) < 4.78 is 18.1. The van der Waals surface area contributed by atoms with Gasteiger partial charge in [-0.2, -0.15) is 0 Å². The van der Waals surface area contributed by atoms with Crippen molar-refractivity contribution in [1.29, 1.82) is 0 Å². The van der Waals surface area contributed by atoms with E-state index in [0.29, 0.717) is 11.4 Å². The summed E-state index contributed by atoms with van der Waals surface area (Å²) in [4.78, 5) is 17.2. The molecule has 0 saturated heterocycles. The Bertz CT molecular complexity index is 584. The number of aromatic nitrogens is 1. The van der Waals surface area contributed by atoms with Crippen LogP contribution in [0.1, 0.15) is 10.4 Å². The standard InChI is InChI=1S/C14H13FN2O2/c1-17(12-3-5-13(19-2)6-4-12)14(18)10-7-11(15)9-16-8-10/h3-9H,1-2H3. The largest absolute Gasteiger partial charge is 0.497 e. The van der Waals surface area contributed by atoms with Crippen LogP contribution in [0.3, 0.4) is 0 Å². The lowest BCUT2D eigenvalue weighted by Gasteiger charge is -2.17. The molecule has 1 aromatic heterocycles. The third-order valence-corrected chi connectivity index (χ3v) is 2.72. The van der Waals surface area contributed by atoms with Crippen molar-refractivity contribution in [2.75, 3.05) is 19.1 Å². The zero-order valence-corrected chi connectivity index (χ0v) is 10.6. The molecule has 19 heavy (non-hydrogen) atoms. The van der Waals surface area contributed by atoms with E-state index in [1.807, 2.05) is 0 Å². The Labute approximate surface area is 110 Å². The number of halogens is 1. The van der Waals surface area contributed by atoms with E-state index in [4.69, 9.17) is 4.74 Å². The van der Waals surface area contributed by atoms with Crippen LogP contribution in [0.4, 0.5) is 10.1 Å². The van der Waals surface area contributed by atoms with E-state index in [1.54, 1.807) is 38.4 Å². The van der Waals surface area contributed by atoms with Crippen LogP contribution in [0.2, 0.25) is 0 Å². The molecule has 0 bridgehead atoms. The number of pyridine rings is 1. The number of amides is 1. The summed E-state index contributed by atoms with van der Waals surface area (Å²) in [5, 5.41) is 0. The summed E-state index contributed by atoms with van der Waals surface area (Å²) in [5.41, 5.74) is 0.897. The number of anilines is 1. The molecule has 2 rings (SSSR count). The highest BCUT2D eigenvalue weighted by molar-refractivity contribution is 6.05. The topological polar surface area (TPSA) is 42.4 Å². The fraction of sp³-hybridized carbons (Fsp3) is 0.143. The molecule has 0 fully saturated rings. The first-order chi connectivity index (χ1) is 9.11. The molecule has 0 atom stereocenters. The second-order valence-corrected chi connectivity index (χ2v) is 3.95. The Morgan fingerprint density at radius 2 is 1.95 bits per heavy atom. The first-order valence-corrected chi connectivity index (χ1v) is 5.64. The average Bonchev–Trinajstić information content (AvgIpc) is 2.46. The molecular weight excluding hydrogens is 247 g/mol. The summed E-state index contributed by atoms with van der Waals surface area (Å²) in [7, 11) is 3.19. The molecule has 0 spiro atoms. The Morgan fingerprint density at radius 1 is 1.26 bits per heavy atom. The van der Waals surface area contributed by atoms with Crippen molar-refractivity contribution < 1.29 is 13.9 Å². The van der Waals surface area contributed by atoms with Gasteiger partial charge in [0.2, 0.25) is 0 Å². The van der Waals surface area contributed by atoms with Crippen LogP contribution in [-0.4, -0.2) is 25.0 Å². The second kappa shape index (κ2) is 5.48. The van der Waals surface area contributed by atoms with Crippen LogP contribution in [-0.2, 0) is 0 Å². The van der Waals surface area contributed by atoms with Gasteiger partial charge in [-0.25, -0.2) is 4.39 Å². The molecule has 0 unspecified atom stereocenters. The van der Waals surface area contributed by atoms with Gasteiger partial charge in [0.25, 0.3) is 5.91 Å². The molecule has 4 nitrogen and oxygen atoms in total. The highest BCUT2D eigenvalue weighted by Crippen LogP contribution is 2.19. The van der Waals surface area contributed by atoms with Crippen molar-refractivity contribution in [2.24, 2.45) is 0 Å². The lowest BCUT2D eigenvalue weighted by atomic mass is 10.2. The number of carbonyl (C=O) groups is 1. The first-order valence-electron chi connectivity index (χ1n) is 5.64. The summed E-state index contributed by atoms with van der Waals surface area (Å²) in [6.07, 6.45) is 2.40. The minimum atomic E-state index is -0.533. The van der Waals surface area contributed by atoms with Crippen LogP contribution >= 0.6 is 0 Å². The molecule has 1 heterocycles. The van der Waals surface area contributed by atoms with Crippen molar-refractivity contribution >= 4 is 11.6 Å². The number of benzene rings is 1. The van der Waals surface area contributed by atoms with Gasteiger partial charge in [-0.3, -0.25) is 9.78 Å². The molecule has 2 aromatic rings. The molecule has 98 valence electrons. The molecular formula is C14H13FN2O2. The Hall–Kier alpha value is -2.43. The van der Waals surface area contributed by atoms with E-state index in [1.165, 1.54) is 11.1 Å². The monoisotopic (exact) mass is 260 g/mol. The van der Waals surface area contributed by atoms with Crippen LogP contribution in [0.15, 0.2) is 42.7 Å². The predicted molar refractivity (Wildman–Crippen MR) is 69.9 cm³/mol. The molecule has 0 aliphatic rings. The zero-order chi connectivity index (χ0) is 13.8. The van der Waals surface area contributed by atoms with E-state index >= 15 is 0 Å². The zero-order valence-electron chi connectivity index (χ0n) is 10.6. The van der Waals surface area contributed by atoms with Gasteiger partial charge in [0.1, 0.15) is 11.6 Å². The number of nitrogens with zero attached hydrogens (tertiary/aromatic N) is 2. The third kappa shape index (κ3) is 2.88. The van der Waals surface area contributed by atoms with Gasteiger partial charge in [-0.15, -0.1) is 0 Å². The van der Waals surface area contributed by atoms with Crippen LogP contribution in [0.25, 0.3) is 0 Å². The molecule has 0 radical (unpaired) electrons.